The Labute approximate surface area is 209 Å². The van der Waals surface area contributed by atoms with Crippen molar-refractivity contribution < 1.29 is 54.1 Å². The summed E-state index contributed by atoms with van der Waals surface area (Å²) < 4.78 is 14.0. The van der Waals surface area contributed by atoms with Crippen molar-refractivity contribution in [3.05, 3.63) is 0 Å². The third-order valence-electron chi connectivity index (χ3n) is 4.14. The molecule has 0 bridgehead atoms. The SMILES string of the molecule is CCCCCCC(=O)OCCCCO.O=C(CCCCCO)OCCO.O=C(CO)OCCCO. The monoisotopic (exact) mass is 512 g/mol. The van der Waals surface area contributed by atoms with Gasteiger partial charge in [0.1, 0.15) is 13.2 Å². The molecule has 11 nitrogen and oxygen atoms in total. The first-order valence-corrected chi connectivity index (χ1v) is 12.4. The van der Waals surface area contributed by atoms with E-state index in [0.717, 1.165) is 38.5 Å². The molecule has 0 spiro atoms. The van der Waals surface area contributed by atoms with Crippen molar-refractivity contribution in [3.63, 3.8) is 0 Å². The number of rotatable bonds is 20. The van der Waals surface area contributed by atoms with Crippen LogP contribution in [0.4, 0.5) is 0 Å². The van der Waals surface area contributed by atoms with Crippen LogP contribution in [0.3, 0.4) is 0 Å². The van der Waals surface area contributed by atoms with Crippen molar-refractivity contribution in [1.29, 1.82) is 0 Å². The van der Waals surface area contributed by atoms with E-state index < -0.39 is 12.6 Å². The summed E-state index contributed by atoms with van der Waals surface area (Å²) >= 11 is 0. The molecule has 0 aliphatic rings. The molecule has 0 heterocycles. The maximum absolute atomic E-state index is 11.1. The fourth-order valence-corrected chi connectivity index (χ4v) is 2.25. The number of hydrogen-bond acceptors (Lipinski definition) is 11. The van der Waals surface area contributed by atoms with Gasteiger partial charge in [-0.25, -0.2) is 4.79 Å². The number of hydrogen-bond donors (Lipinski definition) is 5. The summed E-state index contributed by atoms with van der Waals surface area (Å²) in [6, 6.07) is 0. The van der Waals surface area contributed by atoms with Crippen LogP contribution in [0, 0.1) is 0 Å². The summed E-state index contributed by atoms with van der Waals surface area (Å²) in [4.78, 5) is 32.0. The molecule has 11 heteroatoms. The van der Waals surface area contributed by atoms with Gasteiger partial charge in [-0.15, -0.1) is 0 Å². The lowest BCUT2D eigenvalue weighted by Gasteiger charge is -2.03. The van der Waals surface area contributed by atoms with Gasteiger partial charge in [0.05, 0.1) is 19.8 Å². The molecule has 5 N–H and O–H groups in total. The fraction of sp³-hybridized carbons (Fsp3) is 0.875. The minimum atomic E-state index is -0.650. The van der Waals surface area contributed by atoms with E-state index in [9.17, 15) is 14.4 Å². The van der Waals surface area contributed by atoms with Gasteiger partial charge < -0.3 is 39.7 Å². The second kappa shape index (κ2) is 34.4. The quantitative estimate of drug-likeness (QED) is 0.0900. The van der Waals surface area contributed by atoms with Gasteiger partial charge in [-0.2, -0.15) is 0 Å². The van der Waals surface area contributed by atoms with Crippen LogP contribution in [-0.4, -0.2) is 96.3 Å². The summed E-state index contributed by atoms with van der Waals surface area (Å²) in [7, 11) is 0. The summed E-state index contributed by atoms with van der Waals surface area (Å²) in [6.45, 7) is 2.49. The number of unbranched alkanes of at least 4 members (excludes halogenated alkanes) is 6. The number of carbonyl (C=O) groups is 3. The molecule has 0 amide bonds. The lowest BCUT2D eigenvalue weighted by Crippen LogP contribution is -2.10. The minimum Gasteiger partial charge on any atom is -0.466 e. The highest BCUT2D eigenvalue weighted by molar-refractivity contribution is 5.70. The molecule has 210 valence electrons. The molecule has 0 unspecified atom stereocenters. The minimum absolute atomic E-state index is 0.00128. The molecule has 0 aromatic carbocycles. The van der Waals surface area contributed by atoms with Crippen LogP contribution < -0.4 is 0 Å². The summed E-state index contributed by atoms with van der Waals surface area (Å²) in [6.07, 6.45) is 9.55. The summed E-state index contributed by atoms with van der Waals surface area (Å²) in [5, 5.41) is 41.5. The maximum atomic E-state index is 11.1. The topological polar surface area (TPSA) is 180 Å². The highest BCUT2D eigenvalue weighted by atomic mass is 16.5. The Bertz CT molecular complexity index is 445. The first-order chi connectivity index (χ1) is 16.9. The smallest absolute Gasteiger partial charge is 0.331 e. The summed E-state index contributed by atoms with van der Waals surface area (Å²) in [5.74, 6) is -1.02. The summed E-state index contributed by atoms with van der Waals surface area (Å²) in [5.41, 5.74) is 0. The van der Waals surface area contributed by atoms with E-state index in [1.807, 2.05) is 0 Å². The van der Waals surface area contributed by atoms with Crippen molar-refractivity contribution in [3.8, 4) is 0 Å². The van der Waals surface area contributed by atoms with Crippen molar-refractivity contribution in [2.45, 2.75) is 84.0 Å². The fourth-order valence-electron chi connectivity index (χ4n) is 2.25. The number of ether oxygens (including phenoxy) is 3. The largest absolute Gasteiger partial charge is 0.466 e. The molecule has 0 atom stereocenters. The Morgan fingerprint density at radius 1 is 0.486 bits per heavy atom. The first-order valence-electron chi connectivity index (χ1n) is 12.4. The maximum Gasteiger partial charge on any atom is 0.331 e. The lowest BCUT2D eigenvalue weighted by molar-refractivity contribution is -0.147. The Balaban J connectivity index is -0.000000450. The highest BCUT2D eigenvalue weighted by Crippen LogP contribution is 2.04. The van der Waals surface area contributed by atoms with E-state index in [1.54, 1.807) is 0 Å². The van der Waals surface area contributed by atoms with Gasteiger partial charge in [-0.05, 0) is 32.1 Å². The number of aliphatic hydroxyl groups is 5. The van der Waals surface area contributed by atoms with Crippen LogP contribution in [0.2, 0.25) is 0 Å². The normalized spacial score (nSPS) is 9.77. The molecule has 0 aliphatic carbocycles. The zero-order valence-electron chi connectivity index (χ0n) is 21.3. The molecule has 35 heavy (non-hydrogen) atoms. The molecule has 0 saturated heterocycles. The van der Waals surface area contributed by atoms with E-state index in [2.05, 4.69) is 16.4 Å². The molecule has 0 saturated carbocycles. The van der Waals surface area contributed by atoms with Gasteiger partial charge in [-0.1, -0.05) is 32.6 Å². The van der Waals surface area contributed by atoms with Crippen molar-refractivity contribution in [1.82, 2.24) is 0 Å². The molecule has 0 radical (unpaired) electrons. The predicted octanol–water partition coefficient (Wildman–Crippen LogP) is 1.25. The van der Waals surface area contributed by atoms with Crippen molar-refractivity contribution in [2.24, 2.45) is 0 Å². The average Bonchev–Trinajstić information content (AvgIpc) is 2.86. The molecular formula is C24H48O11. The number of aliphatic hydroxyl groups excluding tert-OH is 5. The van der Waals surface area contributed by atoms with Gasteiger partial charge in [0, 0.05) is 39.1 Å². The highest BCUT2D eigenvalue weighted by Gasteiger charge is 2.02. The standard InChI is InChI=1S/C11H22O3.C8H16O4.C5H10O4/c1-2-3-4-5-8-11(13)14-10-7-6-9-12;9-5-3-1-2-4-8(11)12-7-6-10;6-2-1-3-9-5(8)4-7/h12H,2-10H2,1H3;9-10H,1-7H2;6-7H,1-4H2. The zero-order chi connectivity index (χ0) is 27.0. The second-order valence-corrected chi connectivity index (χ2v) is 7.40. The van der Waals surface area contributed by atoms with Gasteiger partial charge in [0.15, 0.2) is 0 Å². The lowest BCUT2D eigenvalue weighted by atomic mass is 10.2. The molecule has 0 aromatic heterocycles. The van der Waals surface area contributed by atoms with E-state index >= 15 is 0 Å². The third-order valence-corrected chi connectivity index (χ3v) is 4.14. The van der Waals surface area contributed by atoms with E-state index in [4.69, 9.17) is 30.3 Å². The number of esters is 3. The van der Waals surface area contributed by atoms with Gasteiger partial charge in [-0.3, -0.25) is 9.59 Å². The average molecular weight is 513 g/mol. The van der Waals surface area contributed by atoms with E-state index in [-0.39, 0.29) is 51.6 Å². The van der Waals surface area contributed by atoms with Crippen molar-refractivity contribution in [2.75, 3.05) is 52.9 Å². The molecule has 0 aromatic rings. The second-order valence-electron chi connectivity index (χ2n) is 7.40. The predicted molar refractivity (Wildman–Crippen MR) is 129 cm³/mol. The zero-order valence-corrected chi connectivity index (χ0v) is 21.3. The Morgan fingerprint density at radius 2 is 0.943 bits per heavy atom. The van der Waals surface area contributed by atoms with Gasteiger partial charge in [0.2, 0.25) is 0 Å². The van der Waals surface area contributed by atoms with E-state index in [1.165, 1.54) is 12.8 Å². The van der Waals surface area contributed by atoms with Crippen LogP contribution >= 0.6 is 0 Å². The van der Waals surface area contributed by atoms with Crippen LogP contribution in [0.5, 0.6) is 0 Å². The Hall–Kier alpha value is -1.79. The Kier molecular flexibility index (Phi) is 37.1. The van der Waals surface area contributed by atoms with Crippen LogP contribution in [0.25, 0.3) is 0 Å². The van der Waals surface area contributed by atoms with E-state index in [0.29, 0.717) is 32.3 Å². The first kappa shape index (κ1) is 37.8. The third kappa shape index (κ3) is 39.7. The number of carbonyl (C=O) groups excluding carboxylic acids is 3. The molecule has 0 rings (SSSR count). The van der Waals surface area contributed by atoms with Crippen LogP contribution in [0.1, 0.15) is 84.0 Å². The Morgan fingerprint density at radius 3 is 1.43 bits per heavy atom. The molecule has 0 fully saturated rings. The van der Waals surface area contributed by atoms with Gasteiger partial charge >= 0.3 is 17.9 Å². The molecular weight excluding hydrogens is 464 g/mol. The van der Waals surface area contributed by atoms with Crippen LogP contribution in [0.15, 0.2) is 0 Å². The molecule has 0 aliphatic heterocycles. The van der Waals surface area contributed by atoms with Crippen molar-refractivity contribution >= 4 is 17.9 Å². The van der Waals surface area contributed by atoms with Crippen LogP contribution in [-0.2, 0) is 28.6 Å². The van der Waals surface area contributed by atoms with Gasteiger partial charge in [0.25, 0.3) is 0 Å².